The third kappa shape index (κ3) is 3.00. The number of amides is 1. The lowest BCUT2D eigenvalue weighted by molar-refractivity contribution is 0.0891. The molecule has 0 unspecified atom stereocenters. The lowest BCUT2D eigenvalue weighted by Gasteiger charge is -2.38. The van der Waals surface area contributed by atoms with Crippen molar-refractivity contribution in [2.75, 3.05) is 6.54 Å². The van der Waals surface area contributed by atoms with E-state index in [1.807, 2.05) is 24.3 Å². The van der Waals surface area contributed by atoms with Crippen LogP contribution in [-0.2, 0) is 0 Å². The zero-order valence-electron chi connectivity index (χ0n) is 13.3. The average Bonchev–Trinajstić information content (AvgIpc) is 3.28. The van der Waals surface area contributed by atoms with E-state index in [1.165, 1.54) is 19.3 Å². The van der Waals surface area contributed by atoms with Crippen molar-refractivity contribution in [3.05, 3.63) is 35.7 Å². The summed E-state index contributed by atoms with van der Waals surface area (Å²) in [5.41, 5.74) is 1.81. The van der Waals surface area contributed by atoms with Gasteiger partial charge < -0.3 is 9.84 Å². The van der Waals surface area contributed by atoms with Gasteiger partial charge in [0, 0.05) is 23.6 Å². The zero-order valence-corrected chi connectivity index (χ0v) is 13.3. The van der Waals surface area contributed by atoms with Crippen LogP contribution >= 0.6 is 0 Å². The molecule has 1 heterocycles. The maximum atomic E-state index is 12.2. The standard InChI is InChI=1S/C18H21N3O2/c1-18(9-2-10-18)11-19-16(22)13-5-7-14(8-6-13)17-20-15(21-23-17)12-3-4-12/h5-8,12H,2-4,9-11H2,1H3,(H,19,22). The summed E-state index contributed by atoms with van der Waals surface area (Å²) in [5.74, 6) is 1.79. The third-order valence-electron chi connectivity index (χ3n) is 5.01. The van der Waals surface area contributed by atoms with Crippen LogP contribution in [0, 0.1) is 5.41 Å². The Hall–Kier alpha value is -2.17. The molecule has 23 heavy (non-hydrogen) atoms. The highest BCUT2D eigenvalue weighted by Gasteiger charge is 2.32. The fourth-order valence-electron chi connectivity index (χ4n) is 2.98. The van der Waals surface area contributed by atoms with Gasteiger partial charge in [0.1, 0.15) is 0 Å². The average molecular weight is 311 g/mol. The monoisotopic (exact) mass is 311 g/mol. The summed E-state index contributed by atoms with van der Waals surface area (Å²) in [4.78, 5) is 16.6. The van der Waals surface area contributed by atoms with E-state index in [-0.39, 0.29) is 5.91 Å². The molecular weight excluding hydrogens is 290 g/mol. The molecule has 1 amide bonds. The molecule has 2 aliphatic carbocycles. The first kappa shape index (κ1) is 14.4. The second-order valence-corrected chi connectivity index (χ2v) is 7.16. The molecule has 1 aromatic heterocycles. The molecule has 0 radical (unpaired) electrons. The summed E-state index contributed by atoms with van der Waals surface area (Å²) in [6.07, 6.45) is 5.97. The Morgan fingerprint density at radius 1 is 1.30 bits per heavy atom. The molecule has 2 aliphatic rings. The summed E-state index contributed by atoms with van der Waals surface area (Å²) < 4.78 is 5.31. The zero-order chi connectivity index (χ0) is 15.9. The molecule has 0 bridgehead atoms. The molecule has 5 heteroatoms. The second-order valence-electron chi connectivity index (χ2n) is 7.16. The Labute approximate surface area is 135 Å². The van der Waals surface area contributed by atoms with Gasteiger partial charge in [0.15, 0.2) is 5.82 Å². The number of rotatable bonds is 5. The number of carbonyl (C=O) groups is 1. The first-order valence-electron chi connectivity index (χ1n) is 8.35. The van der Waals surface area contributed by atoms with Crippen molar-refractivity contribution in [1.29, 1.82) is 0 Å². The lowest BCUT2D eigenvalue weighted by Crippen LogP contribution is -2.39. The van der Waals surface area contributed by atoms with E-state index in [0.29, 0.717) is 22.8 Å². The van der Waals surface area contributed by atoms with Gasteiger partial charge in [-0.1, -0.05) is 18.5 Å². The molecular formula is C18H21N3O2. The van der Waals surface area contributed by atoms with Crippen molar-refractivity contribution >= 4 is 5.91 Å². The number of carbonyl (C=O) groups excluding carboxylic acids is 1. The highest BCUT2D eigenvalue weighted by molar-refractivity contribution is 5.94. The van der Waals surface area contributed by atoms with Gasteiger partial charge in [-0.2, -0.15) is 4.98 Å². The minimum Gasteiger partial charge on any atom is -0.351 e. The summed E-state index contributed by atoms with van der Waals surface area (Å²) >= 11 is 0. The highest BCUT2D eigenvalue weighted by atomic mass is 16.5. The number of hydrogen-bond acceptors (Lipinski definition) is 4. The van der Waals surface area contributed by atoms with Gasteiger partial charge in [0.2, 0.25) is 0 Å². The summed E-state index contributed by atoms with van der Waals surface area (Å²) in [6.45, 7) is 2.98. The van der Waals surface area contributed by atoms with E-state index < -0.39 is 0 Å². The Balaban J connectivity index is 1.41. The Morgan fingerprint density at radius 2 is 2.04 bits per heavy atom. The van der Waals surface area contributed by atoms with Crippen molar-refractivity contribution in [3.8, 4) is 11.5 Å². The van der Waals surface area contributed by atoms with Gasteiger partial charge in [-0.3, -0.25) is 4.79 Å². The molecule has 1 N–H and O–H groups in total. The van der Waals surface area contributed by atoms with E-state index in [9.17, 15) is 4.79 Å². The molecule has 0 saturated heterocycles. The summed E-state index contributed by atoms with van der Waals surface area (Å²) in [5, 5.41) is 7.06. The maximum absolute atomic E-state index is 12.2. The van der Waals surface area contributed by atoms with Gasteiger partial charge in [-0.15, -0.1) is 0 Å². The summed E-state index contributed by atoms with van der Waals surface area (Å²) in [7, 11) is 0. The van der Waals surface area contributed by atoms with Gasteiger partial charge in [0.25, 0.3) is 11.8 Å². The Bertz CT molecular complexity index is 712. The fourth-order valence-corrected chi connectivity index (χ4v) is 2.98. The molecule has 120 valence electrons. The van der Waals surface area contributed by atoms with Crippen LogP contribution in [0.1, 0.15) is 61.1 Å². The van der Waals surface area contributed by atoms with E-state index in [2.05, 4.69) is 22.4 Å². The van der Waals surface area contributed by atoms with Gasteiger partial charge in [-0.25, -0.2) is 0 Å². The van der Waals surface area contributed by atoms with E-state index in [1.54, 1.807) is 0 Å². The van der Waals surface area contributed by atoms with Crippen molar-refractivity contribution < 1.29 is 9.32 Å². The van der Waals surface area contributed by atoms with E-state index >= 15 is 0 Å². The number of nitrogens with zero attached hydrogens (tertiary/aromatic N) is 2. The SMILES string of the molecule is CC1(CNC(=O)c2ccc(-c3nc(C4CC4)no3)cc2)CCC1. The molecule has 0 atom stereocenters. The number of benzene rings is 1. The van der Waals surface area contributed by atoms with Gasteiger partial charge in [0.05, 0.1) is 0 Å². The Morgan fingerprint density at radius 3 is 2.65 bits per heavy atom. The van der Waals surface area contributed by atoms with Gasteiger partial charge >= 0.3 is 0 Å². The molecule has 0 spiro atoms. The van der Waals surface area contributed by atoms with Crippen molar-refractivity contribution in [2.24, 2.45) is 5.41 Å². The largest absolute Gasteiger partial charge is 0.351 e. The normalized spacial score (nSPS) is 19.2. The molecule has 1 aromatic carbocycles. The predicted molar refractivity (Wildman–Crippen MR) is 86.0 cm³/mol. The summed E-state index contributed by atoms with van der Waals surface area (Å²) in [6, 6.07) is 7.36. The van der Waals surface area contributed by atoms with Crippen LogP contribution in [0.5, 0.6) is 0 Å². The van der Waals surface area contributed by atoms with Crippen LogP contribution in [0.25, 0.3) is 11.5 Å². The van der Waals surface area contributed by atoms with E-state index in [4.69, 9.17) is 4.52 Å². The van der Waals surface area contributed by atoms with Crippen LogP contribution in [0.4, 0.5) is 0 Å². The molecule has 4 rings (SSSR count). The minimum atomic E-state index is -0.0196. The quantitative estimate of drug-likeness (QED) is 0.917. The first-order valence-corrected chi connectivity index (χ1v) is 8.35. The van der Waals surface area contributed by atoms with Gasteiger partial charge in [-0.05, 0) is 55.4 Å². The lowest BCUT2D eigenvalue weighted by atomic mass is 9.70. The molecule has 5 nitrogen and oxygen atoms in total. The molecule has 0 aliphatic heterocycles. The first-order chi connectivity index (χ1) is 11.1. The van der Waals surface area contributed by atoms with Crippen LogP contribution in [0.15, 0.2) is 28.8 Å². The smallest absolute Gasteiger partial charge is 0.257 e. The van der Waals surface area contributed by atoms with Crippen LogP contribution in [-0.4, -0.2) is 22.6 Å². The van der Waals surface area contributed by atoms with Crippen molar-refractivity contribution in [1.82, 2.24) is 15.5 Å². The highest BCUT2D eigenvalue weighted by Crippen LogP contribution is 2.40. The maximum Gasteiger partial charge on any atom is 0.257 e. The second kappa shape index (κ2) is 5.48. The number of nitrogens with one attached hydrogen (secondary N) is 1. The van der Waals surface area contributed by atoms with Crippen LogP contribution < -0.4 is 5.32 Å². The van der Waals surface area contributed by atoms with Crippen molar-refractivity contribution in [2.45, 2.75) is 44.9 Å². The van der Waals surface area contributed by atoms with Crippen LogP contribution in [0.2, 0.25) is 0 Å². The molecule has 2 saturated carbocycles. The predicted octanol–water partition coefficient (Wildman–Crippen LogP) is 3.53. The number of hydrogen-bond donors (Lipinski definition) is 1. The van der Waals surface area contributed by atoms with E-state index in [0.717, 1.165) is 30.8 Å². The minimum absolute atomic E-state index is 0.0196. The fraction of sp³-hybridized carbons (Fsp3) is 0.500. The molecule has 2 fully saturated rings. The third-order valence-corrected chi connectivity index (χ3v) is 5.01. The van der Waals surface area contributed by atoms with Crippen molar-refractivity contribution in [3.63, 3.8) is 0 Å². The molecule has 2 aromatic rings. The van der Waals surface area contributed by atoms with Crippen LogP contribution in [0.3, 0.4) is 0 Å². The number of aromatic nitrogens is 2. The Kier molecular flexibility index (Phi) is 3.43. The topological polar surface area (TPSA) is 68.0 Å².